The second-order valence-corrected chi connectivity index (χ2v) is 7.41. The average Bonchev–Trinajstić information content (AvgIpc) is 2.36. The van der Waals surface area contributed by atoms with E-state index in [2.05, 4.69) is 4.98 Å². The van der Waals surface area contributed by atoms with Crippen LogP contribution in [0.5, 0.6) is 0 Å². The Morgan fingerprint density at radius 1 is 1.50 bits per heavy atom. The lowest BCUT2D eigenvalue weighted by atomic mass is 10.1. The molecule has 1 atom stereocenters. The van der Waals surface area contributed by atoms with Crippen LogP contribution in [-0.2, 0) is 14.8 Å². The van der Waals surface area contributed by atoms with Gasteiger partial charge in [-0.3, -0.25) is 0 Å². The molecule has 0 saturated carbocycles. The maximum atomic E-state index is 12.6. The number of nitrogens with zero attached hydrogens (tertiary/aromatic N) is 3. The number of hydrogen-bond donors (Lipinski definition) is 0. The van der Waals surface area contributed by atoms with Gasteiger partial charge in [-0.05, 0) is 32.9 Å². The molecule has 1 aliphatic heterocycles. The molecule has 1 aliphatic rings. The van der Waals surface area contributed by atoms with Crippen LogP contribution in [0.15, 0.2) is 23.2 Å². The van der Waals surface area contributed by atoms with Gasteiger partial charge in [-0.2, -0.15) is 9.57 Å². The average molecular weight is 295 g/mol. The van der Waals surface area contributed by atoms with Crippen LogP contribution in [0.2, 0.25) is 0 Å². The Morgan fingerprint density at radius 2 is 2.20 bits per heavy atom. The third kappa shape index (κ3) is 2.98. The van der Waals surface area contributed by atoms with E-state index >= 15 is 0 Å². The molecule has 1 saturated heterocycles. The molecule has 1 aromatic heterocycles. The van der Waals surface area contributed by atoms with Crippen molar-refractivity contribution >= 4 is 10.0 Å². The minimum absolute atomic E-state index is 0.0985. The van der Waals surface area contributed by atoms with Gasteiger partial charge in [-0.1, -0.05) is 0 Å². The van der Waals surface area contributed by atoms with Crippen molar-refractivity contribution in [2.45, 2.75) is 37.4 Å². The predicted octanol–water partition coefficient (Wildman–Crippen LogP) is 1.14. The highest BCUT2D eigenvalue weighted by molar-refractivity contribution is 7.89. The SMILES string of the molecule is CC1CN(S(=O)(=O)c2ccc(C#N)nc2)CC(C)(C)O1. The van der Waals surface area contributed by atoms with E-state index in [0.717, 1.165) is 0 Å². The highest BCUT2D eigenvalue weighted by Gasteiger charge is 2.37. The fraction of sp³-hybridized carbons (Fsp3) is 0.538. The topological polar surface area (TPSA) is 83.3 Å². The van der Waals surface area contributed by atoms with Crippen LogP contribution >= 0.6 is 0 Å². The molecule has 20 heavy (non-hydrogen) atoms. The van der Waals surface area contributed by atoms with Gasteiger partial charge < -0.3 is 4.74 Å². The van der Waals surface area contributed by atoms with Crippen molar-refractivity contribution in [3.05, 3.63) is 24.0 Å². The van der Waals surface area contributed by atoms with Gasteiger partial charge >= 0.3 is 0 Å². The second-order valence-electron chi connectivity index (χ2n) is 5.48. The van der Waals surface area contributed by atoms with Crippen LogP contribution < -0.4 is 0 Å². The minimum atomic E-state index is -3.61. The molecular formula is C13H17N3O3S. The molecule has 0 amide bonds. The normalized spacial score (nSPS) is 23.2. The number of morpholine rings is 1. The molecule has 0 radical (unpaired) electrons. The zero-order chi connectivity index (χ0) is 15.0. The fourth-order valence-electron chi connectivity index (χ4n) is 2.33. The highest BCUT2D eigenvalue weighted by atomic mass is 32.2. The summed E-state index contributed by atoms with van der Waals surface area (Å²) in [4.78, 5) is 3.91. The van der Waals surface area contributed by atoms with Crippen molar-refractivity contribution in [2.24, 2.45) is 0 Å². The van der Waals surface area contributed by atoms with Gasteiger partial charge in [-0.15, -0.1) is 0 Å². The van der Waals surface area contributed by atoms with Crippen molar-refractivity contribution in [1.82, 2.24) is 9.29 Å². The summed E-state index contributed by atoms with van der Waals surface area (Å²) in [6.07, 6.45) is 1.06. The first-order chi connectivity index (χ1) is 9.24. The number of rotatable bonds is 2. The molecule has 1 fully saturated rings. The maximum Gasteiger partial charge on any atom is 0.244 e. The van der Waals surface area contributed by atoms with E-state index in [1.165, 1.54) is 22.6 Å². The third-order valence-corrected chi connectivity index (χ3v) is 4.82. The maximum absolute atomic E-state index is 12.6. The largest absolute Gasteiger partial charge is 0.370 e. The van der Waals surface area contributed by atoms with E-state index < -0.39 is 15.6 Å². The molecule has 0 N–H and O–H groups in total. The summed E-state index contributed by atoms with van der Waals surface area (Å²) in [5.74, 6) is 0. The van der Waals surface area contributed by atoms with Crippen molar-refractivity contribution in [1.29, 1.82) is 5.26 Å². The Hall–Kier alpha value is -1.49. The van der Waals surface area contributed by atoms with Crippen molar-refractivity contribution in [3.63, 3.8) is 0 Å². The summed E-state index contributed by atoms with van der Waals surface area (Å²) in [7, 11) is -3.61. The summed E-state index contributed by atoms with van der Waals surface area (Å²) in [5.41, 5.74) is -0.329. The summed E-state index contributed by atoms with van der Waals surface area (Å²) in [6, 6.07) is 4.68. The van der Waals surface area contributed by atoms with Gasteiger partial charge in [0.2, 0.25) is 10.0 Å². The van der Waals surface area contributed by atoms with Gasteiger partial charge in [0, 0.05) is 19.3 Å². The molecular weight excluding hydrogens is 278 g/mol. The summed E-state index contributed by atoms with van der Waals surface area (Å²) in [5, 5.41) is 8.69. The lowest BCUT2D eigenvalue weighted by Gasteiger charge is -2.40. The Bertz CT molecular complexity index is 632. The van der Waals surface area contributed by atoms with E-state index in [1.807, 2.05) is 26.8 Å². The Morgan fingerprint density at radius 3 is 2.70 bits per heavy atom. The van der Waals surface area contributed by atoms with Crippen LogP contribution in [0.25, 0.3) is 0 Å². The van der Waals surface area contributed by atoms with E-state index in [1.54, 1.807) is 0 Å². The minimum Gasteiger partial charge on any atom is -0.370 e. The van der Waals surface area contributed by atoms with Crippen LogP contribution in [0.3, 0.4) is 0 Å². The predicted molar refractivity (Wildman–Crippen MR) is 72.3 cm³/mol. The number of hydrogen-bond acceptors (Lipinski definition) is 5. The molecule has 0 aliphatic carbocycles. The Balaban J connectivity index is 2.32. The van der Waals surface area contributed by atoms with Gasteiger partial charge in [0.1, 0.15) is 16.7 Å². The van der Waals surface area contributed by atoms with E-state index in [0.29, 0.717) is 13.1 Å². The summed E-state index contributed by atoms with van der Waals surface area (Å²) >= 11 is 0. The van der Waals surface area contributed by atoms with Crippen molar-refractivity contribution < 1.29 is 13.2 Å². The second kappa shape index (κ2) is 5.13. The van der Waals surface area contributed by atoms with Crippen LogP contribution in [-0.4, -0.2) is 42.5 Å². The molecule has 0 aromatic carbocycles. The monoisotopic (exact) mass is 295 g/mol. The quantitative estimate of drug-likeness (QED) is 0.817. The molecule has 1 aromatic rings. The number of ether oxygens (including phenoxy) is 1. The van der Waals surface area contributed by atoms with Crippen molar-refractivity contribution in [3.8, 4) is 6.07 Å². The van der Waals surface area contributed by atoms with Crippen LogP contribution in [0.1, 0.15) is 26.5 Å². The zero-order valence-corrected chi connectivity index (χ0v) is 12.5. The highest BCUT2D eigenvalue weighted by Crippen LogP contribution is 2.26. The Kier molecular flexibility index (Phi) is 3.82. The van der Waals surface area contributed by atoms with Crippen LogP contribution in [0, 0.1) is 11.3 Å². The molecule has 0 spiro atoms. The van der Waals surface area contributed by atoms with Crippen LogP contribution in [0.4, 0.5) is 0 Å². The first-order valence-electron chi connectivity index (χ1n) is 6.29. The first-order valence-corrected chi connectivity index (χ1v) is 7.73. The Labute approximate surface area is 119 Å². The van der Waals surface area contributed by atoms with E-state index in [-0.39, 0.29) is 16.7 Å². The van der Waals surface area contributed by atoms with E-state index in [9.17, 15) is 8.42 Å². The lowest BCUT2D eigenvalue weighted by molar-refractivity contribution is -0.109. The molecule has 108 valence electrons. The number of sulfonamides is 1. The van der Waals surface area contributed by atoms with E-state index in [4.69, 9.17) is 10.00 Å². The lowest BCUT2D eigenvalue weighted by Crippen LogP contribution is -2.53. The van der Waals surface area contributed by atoms with Gasteiger partial charge in [0.15, 0.2) is 0 Å². The van der Waals surface area contributed by atoms with Gasteiger partial charge in [0.25, 0.3) is 0 Å². The number of aromatic nitrogens is 1. The smallest absolute Gasteiger partial charge is 0.244 e. The number of nitriles is 1. The summed E-state index contributed by atoms with van der Waals surface area (Å²) < 4.78 is 32.2. The van der Waals surface area contributed by atoms with Crippen molar-refractivity contribution in [2.75, 3.05) is 13.1 Å². The third-order valence-electron chi connectivity index (χ3n) is 3.03. The fourth-order valence-corrected chi connectivity index (χ4v) is 3.94. The molecule has 2 rings (SSSR count). The summed E-state index contributed by atoms with van der Waals surface area (Å²) in [6.45, 7) is 6.18. The molecule has 0 bridgehead atoms. The molecule has 2 heterocycles. The molecule has 1 unspecified atom stereocenters. The molecule has 7 heteroatoms. The van der Waals surface area contributed by atoms with Gasteiger partial charge in [0.05, 0.1) is 11.7 Å². The standard InChI is InChI=1S/C13H17N3O3S/c1-10-8-16(9-13(2,3)19-10)20(17,18)12-5-4-11(6-14)15-7-12/h4-5,7,10H,8-9H2,1-3H3. The molecule has 6 nitrogen and oxygen atoms in total. The number of pyridine rings is 1. The van der Waals surface area contributed by atoms with Gasteiger partial charge in [-0.25, -0.2) is 13.4 Å². The first kappa shape index (κ1) is 14.9. The zero-order valence-electron chi connectivity index (χ0n) is 11.7.